The lowest BCUT2D eigenvalue weighted by Gasteiger charge is -2.46. The number of ether oxygens (including phenoxy) is 1. The van der Waals surface area contributed by atoms with E-state index in [1.807, 2.05) is 53.2 Å². The van der Waals surface area contributed by atoms with E-state index in [2.05, 4.69) is 10.3 Å². The fourth-order valence-corrected chi connectivity index (χ4v) is 4.34. The fraction of sp³-hybridized carbons (Fsp3) is 0.364. The third-order valence-corrected chi connectivity index (χ3v) is 5.71. The normalized spacial score (nSPS) is 27.0. The van der Waals surface area contributed by atoms with Gasteiger partial charge in [-0.2, -0.15) is 0 Å². The number of rotatable bonds is 3. The van der Waals surface area contributed by atoms with Gasteiger partial charge in [-0.05, 0) is 38.0 Å². The van der Waals surface area contributed by atoms with Crippen molar-refractivity contribution in [1.82, 2.24) is 19.8 Å². The van der Waals surface area contributed by atoms with E-state index in [1.165, 1.54) is 0 Å². The number of para-hydroxylation sites is 1. The highest BCUT2D eigenvalue weighted by atomic mass is 16.5. The van der Waals surface area contributed by atoms with Crippen LogP contribution >= 0.6 is 0 Å². The van der Waals surface area contributed by atoms with Gasteiger partial charge in [0.1, 0.15) is 5.82 Å². The van der Waals surface area contributed by atoms with E-state index in [-0.39, 0.29) is 24.0 Å². The molecule has 2 bridgehead atoms. The summed E-state index contributed by atoms with van der Waals surface area (Å²) in [5.74, 6) is 0.590. The van der Waals surface area contributed by atoms with Gasteiger partial charge in [-0.1, -0.05) is 24.3 Å². The molecule has 3 atom stereocenters. The summed E-state index contributed by atoms with van der Waals surface area (Å²) in [6.45, 7) is -1.40. The van der Waals surface area contributed by atoms with E-state index in [9.17, 15) is 4.79 Å². The average Bonchev–Trinajstić information content (AvgIpc) is 3.13. The molecule has 2 aliphatic rings. The molecular formula is C22H24N4O2. The zero-order chi connectivity index (χ0) is 21.6. The number of amides is 1. The first kappa shape index (κ1) is 14.3. The van der Waals surface area contributed by atoms with Gasteiger partial charge in [-0.25, -0.2) is 4.98 Å². The maximum atomic E-state index is 13.3. The molecule has 6 nitrogen and oxygen atoms in total. The van der Waals surface area contributed by atoms with Crippen molar-refractivity contribution in [1.29, 1.82) is 0 Å². The molecule has 3 aromatic rings. The first-order valence-corrected chi connectivity index (χ1v) is 9.60. The van der Waals surface area contributed by atoms with Gasteiger partial charge in [-0.3, -0.25) is 9.69 Å². The Morgan fingerprint density at radius 2 is 1.96 bits per heavy atom. The lowest BCUT2D eigenvalue weighted by molar-refractivity contribution is -0.0670. The van der Waals surface area contributed by atoms with Crippen LogP contribution in [0.25, 0.3) is 16.7 Å². The Morgan fingerprint density at radius 1 is 1.18 bits per heavy atom. The molecule has 0 spiro atoms. The highest BCUT2D eigenvalue weighted by Crippen LogP contribution is 2.28. The summed E-state index contributed by atoms with van der Waals surface area (Å²) in [6.07, 6.45) is 4.66. The zero-order valence-corrected chi connectivity index (χ0v) is 15.4. The number of morpholine rings is 1. The number of pyridine rings is 1. The summed E-state index contributed by atoms with van der Waals surface area (Å²) in [6, 6.07) is 12.9. The Labute approximate surface area is 168 Å². The second-order valence-corrected chi connectivity index (χ2v) is 7.51. The molecule has 0 aliphatic carbocycles. The number of aromatic nitrogens is 2. The monoisotopic (exact) mass is 379 g/mol. The quantitative estimate of drug-likeness (QED) is 0.760. The minimum Gasteiger partial charge on any atom is -0.378 e. The number of carbonyl (C=O) groups excluding carboxylic acids is 1. The van der Waals surface area contributed by atoms with Crippen LogP contribution in [0.3, 0.4) is 0 Å². The predicted octanol–water partition coefficient (Wildman–Crippen LogP) is 2.62. The third kappa shape index (κ3) is 2.99. The Hall–Kier alpha value is -2.70. The van der Waals surface area contributed by atoms with Crippen molar-refractivity contribution in [2.45, 2.75) is 31.0 Å². The molecule has 1 aromatic carbocycles. The van der Waals surface area contributed by atoms with Gasteiger partial charge in [0.25, 0.3) is 5.91 Å². The van der Waals surface area contributed by atoms with Gasteiger partial charge < -0.3 is 14.6 Å². The highest BCUT2D eigenvalue weighted by molar-refractivity contribution is 6.07. The van der Waals surface area contributed by atoms with Crippen molar-refractivity contribution < 1.29 is 13.6 Å². The maximum absolute atomic E-state index is 13.3. The number of benzene rings is 1. The summed E-state index contributed by atoms with van der Waals surface area (Å²) >= 11 is 0. The van der Waals surface area contributed by atoms with Crippen LogP contribution in [0, 0.1) is 0 Å². The van der Waals surface area contributed by atoms with Crippen LogP contribution in [0.4, 0.5) is 0 Å². The lowest BCUT2D eigenvalue weighted by Crippen LogP contribution is -2.59. The predicted molar refractivity (Wildman–Crippen MR) is 108 cm³/mol. The topological polar surface area (TPSA) is 59.4 Å². The summed E-state index contributed by atoms with van der Waals surface area (Å²) < 4.78 is 31.1. The highest BCUT2D eigenvalue weighted by Gasteiger charge is 2.37. The van der Waals surface area contributed by atoms with E-state index >= 15 is 0 Å². The summed E-state index contributed by atoms with van der Waals surface area (Å²) in [4.78, 5) is 19.3. The number of nitrogens with zero attached hydrogens (tertiary/aromatic N) is 3. The van der Waals surface area contributed by atoms with Gasteiger partial charge in [-0.15, -0.1) is 0 Å². The molecule has 6 heteroatoms. The Balaban J connectivity index is 1.41. The van der Waals surface area contributed by atoms with Crippen molar-refractivity contribution in [3.63, 3.8) is 0 Å². The molecular weight excluding hydrogens is 352 g/mol. The molecule has 0 radical (unpaired) electrons. The smallest absolute Gasteiger partial charge is 0.253 e. The number of piperidine rings is 1. The molecule has 1 amide bonds. The van der Waals surface area contributed by atoms with Crippen LogP contribution in [0.5, 0.6) is 0 Å². The number of fused-ring (bicyclic) bond motifs is 3. The van der Waals surface area contributed by atoms with Crippen molar-refractivity contribution in [2.24, 2.45) is 0 Å². The van der Waals surface area contributed by atoms with Crippen molar-refractivity contribution in [3.05, 3.63) is 60.4 Å². The van der Waals surface area contributed by atoms with Crippen LogP contribution in [0.15, 0.2) is 54.9 Å². The Bertz CT molecular complexity index is 1090. The van der Waals surface area contributed by atoms with E-state index in [0.717, 1.165) is 16.7 Å². The summed E-state index contributed by atoms with van der Waals surface area (Å²) in [5, 5.41) is 4.01. The Kier molecular flexibility index (Phi) is 3.60. The van der Waals surface area contributed by atoms with Gasteiger partial charge >= 0.3 is 0 Å². The number of nitrogens with one attached hydrogen (secondary N) is 1. The minimum atomic E-state index is -2.15. The van der Waals surface area contributed by atoms with Crippen molar-refractivity contribution >= 4 is 16.8 Å². The van der Waals surface area contributed by atoms with Crippen molar-refractivity contribution in [2.75, 3.05) is 20.2 Å². The molecule has 2 saturated heterocycles. The minimum absolute atomic E-state index is 0.0954. The van der Waals surface area contributed by atoms with Crippen LogP contribution in [-0.2, 0) is 4.74 Å². The number of hydrogen-bond acceptors (Lipinski definition) is 4. The average molecular weight is 379 g/mol. The molecule has 144 valence electrons. The van der Waals surface area contributed by atoms with Gasteiger partial charge in [0, 0.05) is 40.0 Å². The first-order valence-electron chi connectivity index (χ1n) is 11.1. The number of hydrogen-bond donors (Lipinski definition) is 1. The lowest BCUT2D eigenvalue weighted by atomic mass is 9.90. The van der Waals surface area contributed by atoms with Gasteiger partial charge in [0.05, 0.1) is 24.3 Å². The van der Waals surface area contributed by atoms with Crippen LogP contribution in [-0.4, -0.2) is 58.7 Å². The van der Waals surface area contributed by atoms with Gasteiger partial charge in [0.15, 0.2) is 0 Å². The molecule has 4 heterocycles. The third-order valence-electron chi connectivity index (χ3n) is 5.71. The van der Waals surface area contributed by atoms with Crippen LogP contribution in [0.1, 0.15) is 27.3 Å². The zero-order valence-electron chi connectivity index (χ0n) is 18.4. The van der Waals surface area contributed by atoms with E-state index in [0.29, 0.717) is 31.6 Å². The molecule has 1 unspecified atom stereocenters. The molecule has 2 aromatic heterocycles. The van der Waals surface area contributed by atoms with Crippen molar-refractivity contribution in [3.8, 4) is 5.82 Å². The molecule has 2 aliphatic heterocycles. The molecule has 5 rings (SSSR count). The number of carbonyl (C=O) groups is 1. The fourth-order valence-electron chi connectivity index (χ4n) is 4.34. The SMILES string of the molecule is [2H]C([2H])([2H])N1[C@@H]2COC[C@H]1CC(NC(=O)c1cn(-c3ccccn3)c3ccccc13)C2. The molecule has 0 saturated carbocycles. The standard InChI is InChI=1S/C22H24N4O2/c1-25-16-10-15(11-17(25)14-28-13-16)24-22(27)19-12-26(21-8-4-5-9-23-21)20-7-3-2-6-18(19)20/h2-9,12,15-17H,10-11,13-14H2,1H3,(H,24,27)/t15?,16-,17+/i1D3. The maximum Gasteiger partial charge on any atom is 0.253 e. The van der Waals surface area contributed by atoms with Gasteiger partial charge in [0.2, 0.25) is 0 Å². The molecule has 2 fully saturated rings. The Morgan fingerprint density at radius 3 is 2.71 bits per heavy atom. The summed E-state index contributed by atoms with van der Waals surface area (Å²) in [5.41, 5.74) is 1.50. The van der Waals surface area contributed by atoms with E-state index < -0.39 is 6.98 Å². The first-order chi connectivity index (χ1) is 14.9. The van der Waals surface area contributed by atoms with Crippen LogP contribution in [0.2, 0.25) is 0 Å². The molecule has 1 N–H and O–H groups in total. The largest absolute Gasteiger partial charge is 0.378 e. The second kappa shape index (κ2) is 7.04. The second-order valence-electron chi connectivity index (χ2n) is 7.51. The molecule has 28 heavy (non-hydrogen) atoms. The summed E-state index contributed by atoms with van der Waals surface area (Å²) in [7, 11) is 0. The van der Waals surface area contributed by atoms with E-state index in [1.54, 1.807) is 11.1 Å². The number of likely N-dealkylation sites (N-methyl/N-ethyl adjacent to an activating group) is 1. The van der Waals surface area contributed by atoms with Crippen LogP contribution < -0.4 is 5.32 Å². The van der Waals surface area contributed by atoms with E-state index in [4.69, 9.17) is 8.85 Å².